The van der Waals surface area contributed by atoms with Crippen molar-refractivity contribution in [3.8, 4) is 0 Å². The molecular weight excluding hydrogens is 300 g/mol. The van der Waals surface area contributed by atoms with Gasteiger partial charge in [-0.3, -0.25) is 4.79 Å². The minimum absolute atomic E-state index is 0.0420. The smallest absolute Gasteiger partial charge is 0.253 e. The zero-order valence-corrected chi connectivity index (χ0v) is 14.0. The number of nitrogens with zero attached hydrogens (tertiary/aromatic N) is 1. The molecule has 4 nitrogen and oxygen atoms in total. The van der Waals surface area contributed by atoms with Crippen LogP contribution in [0, 0.1) is 0 Å². The molecule has 0 aliphatic carbocycles. The second kappa shape index (κ2) is 7.49. The highest BCUT2D eigenvalue weighted by Gasteiger charge is 2.19. The van der Waals surface area contributed by atoms with E-state index in [9.17, 15) is 9.90 Å². The molecule has 126 valence electrons. The molecule has 0 aromatic heterocycles. The molecule has 1 unspecified atom stereocenters. The zero-order valence-electron chi connectivity index (χ0n) is 14.0. The number of carbonyl (C=O) groups excluding carboxylic acids is 1. The van der Waals surface area contributed by atoms with Gasteiger partial charge >= 0.3 is 0 Å². The first-order valence-electron chi connectivity index (χ1n) is 8.53. The largest absolute Gasteiger partial charge is 0.392 e. The van der Waals surface area contributed by atoms with Gasteiger partial charge in [0.15, 0.2) is 0 Å². The molecule has 2 aromatic carbocycles. The predicted molar refractivity (Wildman–Crippen MR) is 96.0 cm³/mol. The maximum atomic E-state index is 12.5. The Kier molecular flexibility index (Phi) is 5.16. The number of aliphatic hydroxyl groups is 1. The lowest BCUT2D eigenvalue weighted by Crippen LogP contribution is -2.27. The van der Waals surface area contributed by atoms with E-state index >= 15 is 0 Å². The van der Waals surface area contributed by atoms with Gasteiger partial charge < -0.3 is 15.3 Å². The van der Waals surface area contributed by atoms with Gasteiger partial charge in [-0.05, 0) is 49.1 Å². The van der Waals surface area contributed by atoms with Crippen LogP contribution in [0.3, 0.4) is 0 Å². The van der Waals surface area contributed by atoms with Crippen molar-refractivity contribution >= 4 is 11.6 Å². The van der Waals surface area contributed by atoms with E-state index in [1.54, 1.807) is 0 Å². The van der Waals surface area contributed by atoms with Crippen LogP contribution in [-0.2, 0) is 6.61 Å². The molecule has 1 heterocycles. The first-order valence-corrected chi connectivity index (χ1v) is 8.53. The minimum atomic E-state index is 0.0420. The summed E-state index contributed by atoms with van der Waals surface area (Å²) in [6.07, 6.45) is 2.20. The van der Waals surface area contributed by atoms with Crippen LogP contribution in [0.15, 0.2) is 48.5 Å². The Labute approximate surface area is 143 Å². The fourth-order valence-corrected chi connectivity index (χ4v) is 3.14. The summed E-state index contributed by atoms with van der Waals surface area (Å²) in [5, 5.41) is 12.7. The molecule has 2 N–H and O–H groups in total. The molecule has 0 saturated carbocycles. The Balaban J connectivity index is 1.72. The predicted octanol–water partition coefficient (Wildman–Crippen LogP) is 3.59. The van der Waals surface area contributed by atoms with E-state index in [2.05, 4.69) is 12.2 Å². The van der Waals surface area contributed by atoms with Crippen LogP contribution >= 0.6 is 0 Å². The molecule has 2 aromatic rings. The number of nitrogens with one attached hydrogen (secondary N) is 1. The van der Waals surface area contributed by atoms with Crippen LogP contribution in [0.1, 0.15) is 47.3 Å². The number of benzene rings is 2. The molecule has 3 rings (SSSR count). The average molecular weight is 324 g/mol. The summed E-state index contributed by atoms with van der Waals surface area (Å²) in [4.78, 5) is 14.4. The van der Waals surface area contributed by atoms with Gasteiger partial charge in [-0.15, -0.1) is 0 Å². The van der Waals surface area contributed by atoms with Crippen molar-refractivity contribution in [3.05, 3.63) is 65.2 Å². The molecule has 1 amide bonds. The fourth-order valence-electron chi connectivity index (χ4n) is 3.14. The molecule has 0 bridgehead atoms. The van der Waals surface area contributed by atoms with E-state index in [-0.39, 0.29) is 18.6 Å². The van der Waals surface area contributed by atoms with Crippen LogP contribution < -0.4 is 5.32 Å². The highest BCUT2D eigenvalue weighted by Crippen LogP contribution is 2.22. The van der Waals surface area contributed by atoms with Crippen molar-refractivity contribution in [3.63, 3.8) is 0 Å². The molecule has 1 aliphatic heterocycles. The van der Waals surface area contributed by atoms with Gasteiger partial charge in [-0.25, -0.2) is 0 Å². The summed E-state index contributed by atoms with van der Waals surface area (Å²) in [6.45, 7) is 3.84. The van der Waals surface area contributed by atoms with Crippen LogP contribution in [0.2, 0.25) is 0 Å². The van der Waals surface area contributed by atoms with Crippen LogP contribution in [0.5, 0.6) is 0 Å². The average Bonchev–Trinajstić information content (AvgIpc) is 3.16. The van der Waals surface area contributed by atoms with Gasteiger partial charge in [-0.1, -0.05) is 30.3 Å². The Morgan fingerprint density at radius 2 is 1.92 bits per heavy atom. The summed E-state index contributed by atoms with van der Waals surface area (Å²) in [5.41, 5.74) is 3.68. The number of rotatable bonds is 5. The number of anilines is 1. The van der Waals surface area contributed by atoms with Gasteiger partial charge in [0.1, 0.15) is 0 Å². The van der Waals surface area contributed by atoms with Crippen molar-refractivity contribution < 1.29 is 9.90 Å². The van der Waals surface area contributed by atoms with Gasteiger partial charge in [-0.2, -0.15) is 0 Å². The number of likely N-dealkylation sites (tertiary alicyclic amines) is 1. The van der Waals surface area contributed by atoms with Gasteiger partial charge in [0.2, 0.25) is 0 Å². The topological polar surface area (TPSA) is 52.6 Å². The zero-order chi connectivity index (χ0) is 16.9. The second-order valence-electron chi connectivity index (χ2n) is 6.35. The van der Waals surface area contributed by atoms with Crippen molar-refractivity contribution in [2.45, 2.75) is 32.4 Å². The molecule has 1 atom stereocenters. The lowest BCUT2D eigenvalue weighted by molar-refractivity contribution is 0.0793. The third-order valence-corrected chi connectivity index (χ3v) is 4.52. The number of hydrogen-bond donors (Lipinski definition) is 2. The first kappa shape index (κ1) is 16.5. The summed E-state index contributed by atoms with van der Waals surface area (Å²) in [6, 6.07) is 15.7. The van der Waals surface area contributed by atoms with E-state index in [0.29, 0.717) is 0 Å². The first-order chi connectivity index (χ1) is 11.7. The van der Waals surface area contributed by atoms with Gasteiger partial charge in [0, 0.05) is 30.4 Å². The van der Waals surface area contributed by atoms with Crippen LogP contribution in [-0.4, -0.2) is 29.0 Å². The van der Waals surface area contributed by atoms with Crippen LogP contribution in [0.25, 0.3) is 0 Å². The molecular formula is C20H24N2O2. The highest BCUT2D eigenvalue weighted by atomic mass is 16.3. The fraction of sp³-hybridized carbons (Fsp3) is 0.350. The quantitative estimate of drug-likeness (QED) is 0.884. The standard InChI is InChI=1S/C20H24N2O2/c1-15(17-7-4-6-16(12-17)14-23)21-19-9-5-8-18(13-19)20(24)22-10-2-3-11-22/h4-9,12-13,15,21,23H,2-3,10-11,14H2,1H3. The van der Waals surface area contributed by atoms with Crippen molar-refractivity contribution in [2.24, 2.45) is 0 Å². The summed E-state index contributed by atoms with van der Waals surface area (Å²) in [7, 11) is 0. The molecule has 4 heteroatoms. The Bertz CT molecular complexity index is 708. The molecule has 1 saturated heterocycles. The Morgan fingerprint density at radius 3 is 2.67 bits per heavy atom. The molecule has 0 radical (unpaired) electrons. The maximum Gasteiger partial charge on any atom is 0.253 e. The Morgan fingerprint density at radius 1 is 1.17 bits per heavy atom. The maximum absolute atomic E-state index is 12.5. The molecule has 0 spiro atoms. The van der Waals surface area contributed by atoms with E-state index in [1.165, 1.54) is 0 Å². The SMILES string of the molecule is CC(Nc1cccc(C(=O)N2CCCC2)c1)c1cccc(CO)c1. The van der Waals surface area contributed by atoms with Crippen molar-refractivity contribution in [2.75, 3.05) is 18.4 Å². The van der Waals surface area contributed by atoms with Crippen molar-refractivity contribution in [1.29, 1.82) is 0 Å². The van der Waals surface area contributed by atoms with E-state index in [4.69, 9.17) is 0 Å². The summed E-state index contributed by atoms with van der Waals surface area (Å²) in [5.74, 6) is 0.117. The van der Waals surface area contributed by atoms with Gasteiger partial charge in [0.25, 0.3) is 5.91 Å². The molecule has 24 heavy (non-hydrogen) atoms. The lowest BCUT2D eigenvalue weighted by Gasteiger charge is -2.19. The highest BCUT2D eigenvalue weighted by molar-refractivity contribution is 5.95. The number of hydrogen-bond acceptors (Lipinski definition) is 3. The third kappa shape index (κ3) is 3.77. The molecule has 1 aliphatic rings. The number of aliphatic hydroxyl groups excluding tert-OH is 1. The van der Waals surface area contributed by atoms with Gasteiger partial charge in [0.05, 0.1) is 6.61 Å². The molecule has 1 fully saturated rings. The number of carbonyl (C=O) groups is 1. The van der Waals surface area contributed by atoms with Crippen molar-refractivity contribution in [1.82, 2.24) is 4.90 Å². The second-order valence-corrected chi connectivity index (χ2v) is 6.35. The lowest BCUT2D eigenvalue weighted by atomic mass is 10.0. The van der Waals surface area contributed by atoms with E-state index in [1.807, 2.05) is 53.4 Å². The van der Waals surface area contributed by atoms with E-state index < -0.39 is 0 Å². The number of amides is 1. The minimum Gasteiger partial charge on any atom is -0.392 e. The normalized spacial score (nSPS) is 15.3. The van der Waals surface area contributed by atoms with E-state index in [0.717, 1.165) is 48.3 Å². The summed E-state index contributed by atoms with van der Waals surface area (Å²) < 4.78 is 0. The Hall–Kier alpha value is -2.33. The third-order valence-electron chi connectivity index (χ3n) is 4.52. The monoisotopic (exact) mass is 324 g/mol. The summed E-state index contributed by atoms with van der Waals surface area (Å²) >= 11 is 0. The van der Waals surface area contributed by atoms with Crippen LogP contribution in [0.4, 0.5) is 5.69 Å².